The predicted molar refractivity (Wildman–Crippen MR) is 94.5 cm³/mol. The molecule has 5 nitrogen and oxygen atoms in total. The highest BCUT2D eigenvalue weighted by Gasteiger charge is 2.25. The van der Waals surface area contributed by atoms with Crippen LogP contribution in [0.1, 0.15) is 28.1 Å². The van der Waals surface area contributed by atoms with Gasteiger partial charge in [-0.1, -0.05) is 0 Å². The molecule has 2 N–H and O–H groups in total. The highest BCUT2D eigenvalue weighted by Crippen LogP contribution is 2.33. The van der Waals surface area contributed by atoms with Crippen LogP contribution in [0.25, 0.3) is 11.0 Å². The third-order valence-electron chi connectivity index (χ3n) is 4.66. The topological polar surface area (TPSA) is 61.3 Å². The number of hydrogen-bond acceptors (Lipinski definition) is 3. The van der Waals surface area contributed by atoms with Gasteiger partial charge < -0.3 is 19.6 Å². The van der Waals surface area contributed by atoms with Crippen LogP contribution in [-0.2, 0) is 12.8 Å². The molecule has 0 radical (unpaired) electrons. The number of H-pyrrole nitrogens is 1. The maximum atomic E-state index is 12.2. The molecule has 0 saturated carbocycles. The molecule has 0 saturated heterocycles. The van der Waals surface area contributed by atoms with Gasteiger partial charge >= 0.3 is 0 Å². The summed E-state index contributed by atoms with van der Waals surface area (Å²) < 4.78 is 6.01. The molecule has 4 rings (SSSR count). The maximum Gasteiger partial charge on any atom is 0.253 e. The zero-order chi connectivity index (χ0) is 16.7. The lowest BCUT2D eigenvalue weighted by atomic mass is 9.91. The third-order valence-corrected chi connectivity index (χ3v) is 4.66. The minimum atomic E-state index is 0.0173. The van der Waals surface area contributed by atoms with Gasteiger partial charge in [0.05, 0.1) is 0 Å². The van der Waals surface area contributed by atoms with Gasteiger partial charge in [-0.15, -0.1) is 0 Å². The van der Waals surface area contributed by atoms with E-state index >= 15 is 0 Å². The van der Waals surface area contributed by atoms with Crippen molar-refractivity contribution in [3.63, 3.8) is 0 Å². The van der Waals surface area contributed by atoms with Gasteiger partial charge in [0.15, 0.2) is 0 Å². The smallest absolute Gasteiger partial charge is 0.253 e. The highest BCUT2D eigenvalue weighted by molar-refractivity contribution is 5.98. The zero-order valence-corrected chi connectivity index (χ0v) is 13.9. The monoisotopic (exact) mass is 323 g/mol. The van der Waals surface area contributed by atoms with E-state index in [4.69, 9.17) is 4.42 Å². The summed E-state index contributed by atoms with van der Waals surface area (Å²) in [6.07, 6.45) is 4.78. The molecule has 1 aromatic carbocycles. The van der Waals surface area contributed by atoms with Crippen LogP contribution in [0.15, 0.2) is 40.9 Å². The number of hydrogen-bond donors (Lipinski definition) is 2. The Balaban J connectivity index is 1.66. The Labute approximate surface area is 140 Å². The van der Waals surface area contributed by atoms with Gasteiger partial charge in [-0.05, 0) is 43.2 Å². The fraction of sp³-hybridized carbons (Fsp3) is 0.316. The summed E-state index contributed by atoms with van der Waals surface area (Å²) in [6, 6.07) is 10.1. The van der Waals surface area contributed by atoms with E-state index in [-0.39, 0.29) is 5.91 Å². The molecule has 0 aliphatic heterocycles. The first-order valence-corrected chi connectivity index (χ1v) is 8.27. The van der Waals surface area contributed by atoms with Crippen molar-refractivity contribution in [3.8, 4) is 0 Å². The molecular formula is C19H21N3O2. The van der Waals surface area contributed by atoms with Crippen LogP contribution in [0.2, 0.25) is 0 Å². The molecule has 24 heavy (non-hydrogen) atoms. The van der Waals surface area contributed by atoms with Crippen molar-refractivity contribution in [2.45, 2.75) is 25.3 Å². The number of carbonyl (C=O) groups excluding carboxylic acids is 1. The molecular weight excluding hydrogens is 302 g/mol. The summed E-state index contributed by atoms with van der Waals surface area (Å²) in [5, 5.41) is 4.60. The number of benzene rings is 1. The summed E-state index contributed by atoms with van der Waals surface area (Å²) in [4.78, 5) is 17.0. The van der Waals surface area contributed by atoms with E-state index < -0.39 is 0 Å². The summed E-state index contributed by atoms with van der Waals surface area (Å²) in [5.41, 5.74) is 2.81. The first kappa shape index (κ1) is 14.9. The zero-order valence-electron chi connectivity index (χ0n) is 13.9. The number of carbonyl (C=O) groups is 1. The van der Waals surface area contributed by atoms with Crippen molar-refractivity contribution in [1.82, 2.24) is 9.88 Å². The Morgan fingerprint density at radius 2 is 2.21 bits per heavy atom. The SMILES string of the molecule is CN(C)C(=O)c1ccc2oc3c(c2c1)CC(Nc1ccc[nH]1)CC3. The molecule has 124 valence electrons. The Morgan fingerprint density at radius 1 is 1.33 bits per heavy atom. The van der Waals surface area contributed by atoms with Crippen LogP contribution in [0.5, 0.6) is 0 Å². The maximum absolute atomic E-state index is 12.2. The number of nitrogens with one attached hydrogen (secondary N) is 2. The van der Waals surface area contributed by atoms with E-state index in [9.17, 15) is 4.79 Å². The third kappa shape index (κ3) is 2.56. The number of fused-ring (bicyclic) bond motifs is 3. The van der Waals surface area contributed by atoms with Crippen molar-refractivity contribution in [2.24, 2.45) is 0 Å². The molecule has 1 atom stereocenters. The van der Waals surface area contributed by atoms with Crippen molar-refractivity contribution in [3.05, 3.63) is 53.4 Å². The number of furan rings is 1. The Hall–Kier alpha value is -2.69. The van der Waals surface area contributed by atoms with Crippen molar-refractivity contribution < 1.29 is 9.21 Å². The average Bonchev–Trinajstić information content (AvgIpc) is 3.21. The van der Waals surface area contributed by atoms with Crippen LogP contribution in [-0.4, -0.2) is 35.9 Å². The molecule has 1 amide bonds. The summed E-state index contributed by atoms with van der Waals surface area (Å²) >= 11 is 0. The van der Waals surface area contributed by atoms with Gasteiger partial charge in [-0.25, -0.2) is 0 Å². The van der Waals surface area contributed by atoms with Crippen LogP contribution in [0.3, 0.4) is 0 Å². The van der Waals surface area contributed by atoms with Crippen LogP contribution >= 0.6 is 0 Å². The second-order valence-electron chi connectivity index (χ2n) is 6.58. The van der Waals surface area contributed by atoms with Crippen LogP contribution < -0.4 is 5.32 Å². The van der Waals surface area contributed by atoms with Crippen molar-refractivity contribution in [1.29, 1.82) is 0 Å². The standard InChI is InChI=1S/C19H21N3O2/c1-22(2)19(23)12-5-7-16-14(10-12)15-11-13(6-8-17(15)24-16)21-18-4-3-9-20-18/h3-5,7,9-10,13,20-21H,6,8,11H2,1-2H3. The number of amides is 1. The number of nitrogens with zero attached hydrogens (tertiary/aromatic N) is 1. The molecule has 3 aromatic rings. The van der Waals surface area contributed by atoms with Crippen molar-refractivity contribution >= 4 is 22.7 Å². The van der Waals surface area contributed by atoms with E-state index in [0.29, 0.717) is 11.6 Å². The van der Waals surface area contributed by atoms with Crippen LogP contribution in [0.4, 0.5) is 5.82 Å². The largest absolute Gasteiger partial charge is 0.461 e. The molecule has 1 unspecified atom stereocenters. The lowest BCUT2D eigenvalue weighted by Gasteiger charge is -2.23. The Bertz CT molecular complexity index is 878. The predicted octanol–water partition coefficient (Wildman–Crippen LogP) is 3.43. The van der Waals surface area contributed by atoms with Gasteiger partial charge in [0.2, 0.25) is 0 Å². The summed E-state index contributed by atoms with van der Waals surface area (Å²) in [6.45, 7) is 0. The van der Waals surface area contributed by atoms with Crippen molar-refractivity contribution in [2.75, 3.05) is 19.4 Å². The second-order valence-corrected chi connectivity index (χ2v) is 6.58. The molecule has 0 spiro atoms. The summed E-state index contributed by atoms with van der Waals surface area (Å²) in [5.74, 6) is 2.12. The number of rotatable bonds is 3. The van der Waals surface area contributed by atoms with E-state index in [0.717, 1.165) is 41.8 Å². The second kappa shape index (κ2) is 5.74. The van der Waals surface area contributed by atoms with E-state index in [1.165, 1.54) is 5.56 Å². The Morgan fingerprint density at radius 3 is 2.96 bits per heavy atom. The fourth-order valence-electron chi connectivity index (χ4n) is 3.43. The number of aryl methyl sites for hydroxylation is 1. The molecule has 1 aliphatic carbocycles. The molecule has 0 fully saturated rings. The number of aromatic amines is 1. The first-order chi connectivity index (χ1) is 11.6. The summed E-state index contributed by atoms with van der Waals surface area (Å²) in [7, 11) is 3.54. The minimum absolute atomic E-state index is 0.0173. The van der Waals surface area contributed by atoms with Gasteiger partial charge in [0.25, 0.3) is 5.91 Å². The molecule has 1 aliphatic rings. The number of aromatic nitrogens is 1. The average molecular weight is 323 g/mol. The van der Waals surface area contributed by atoms with Gasteiger partial charge in [-0.3, -0.25) is 4.79 Å². The molecule has 2 heterocycles. The number of anilines is 1. The first-order valence-electron chi connectivity index (χ1n) is 8.27. The lowest BCUT2D eigenvalue weighted by molar-refractivity contribution is 0.0828. The minimum Gasteiger partial charge on any atom is -0.461 e. The quantitative estimate of drug-likeness (QED) is 0.776. The fourth-order valence-corrected chi connectivity index (χ4v) is 3.43. The highest BCUT2D eigenvalue weighted by atomic mass is 16.3. The van der Waals surface area contributed by atoms with E-state index in [1.54, 1.807) is 19.0 Å². The molecule has 2 aromatic heterocycles. The van der Waals surface area contributed by atoms with Gasteiger partial charge in [-0.2, -0.15) is 0 Å². The van der Waals surface area contributed by atoms with E-state index in [2.05, 4.69) is 10.3 Å². The lowest BCUT2D eigenvalue weighted by Crippen LogP contribution is -2.27. The van der Waals surface area contributed by atoms with Crippen LogP contribution in [0, 0.1) is 0 Å². The molecule has 0 bridgehead atoms. The van der Waals surface area contributed by atoms with E-state index in [1.807, 2.05) is 36.5 Å². The normalized spacial score (nSPS) is 16.8. The van der Waals surface area contributed by atoms with Gasteiger partial charge in [0.1, 0.15) is 17.2 Å². The Kier molecular flexibility index (Phi) is 3.56. The molecule has 5 heteroatoms. The van der Waals surface area contributed by atoms with Gasteiger partial charge in [0, 0.05) is 49.3 Å².